The molecule has 0 bridgehead atoms. The van der Waals surface area contributed by atoms with Gasteiger partial charge in [-0.3, -0.25) is 9.78 Å². The fourth-order valence-electron chi connectivity index (χ4n) is 2.67. The number of amides is 1. The van der Waals surface area contributed by atoms with Crippen LogP contribution in [-0.4, -0.2) is 34.1 Å². The lowest BCUT2D eigenvalue weighted by molar-refractivity contribution is 0.0941. The summed E-state index contributed by atoms with van der Waals surface area (Å²) >= 11 is 0. The van der Waals surface area contributed by atoms with Crippen LogP contribution in [0.25, 0.3) is 10.9 Å². The number of H-pyrrole nitrogens is 1. The molecule has 0 aliphatic heterocycles. The highest BCUT2D eigenvalue weighted by Crippen LogP contribution is 2.21. The lowest BCUT2D eigenvalue weighted by Gasteiger charge is -2.14. The second-order valence-corrected chi connectivity index (χ2v) is 5.65. The Morgan fingerprint density at radius 3 is 2.92 bits per heavy atom. The Labute approximate surface area is 138 Å². The van der Waals surface area contributed by atoms with E-state index in [1.807, 2.05) is 18.2 Å². The molecule has 0 spiro atoms. The number of carbonyl (C=O) groups is 1. The van der Waals surface area contributed by atoms with Crippen LogP contribution in [0, 0.1) is 11.7 Å². The van der Waals surface area contributed by atoms with E-state index < -0.39 is 5.82 Å². The van der Waals surface area contributed by atoms with Gasteiger partial charge in [-0.25, -0.2) is 4.39 Å². The molecule has 1 atom stereocenters. The summed E-state index contributed by atoms with van der Waals surface area (Å²) in [5.74, 6) is -0.962. The lowest BCUT2D eigenvalue weighted by Crippen LogP contribution is -2.32. The smallest absolute Gasteiger partial charge is 0.253 e. The highest BCUT2D eigenvalue weighted by molar-refractivity contribution is 6.06. The molecule has 3 rings (SSSR count). The normalized spacial score (nSPS) is 12.2. The van der Waals surface area contributed by atoms with Crippen molar-refractivity contribution in [3.8, 4) is 0 Å². The van der Waals surface area contributed by atoms with Crippen molar-refractivity contribution in [1.82, 2.24) is 15.3 Å². The van der Waals surface area contributed by atoms with Crippen LogP contribution in [0.4, 0.5) is 4.39 Å². The van der Waals surface area contributed by atoms with E-state index in [1.54, 1.807) is 18.3 Å². The summed E-state index contributed by atoms with van der Waals surface area (Å²) in [5, 5.41) is 12.5. The summed E-state index contributed by atoms with van der Waals surface area (Å²) in [5.41, 5.74) is 1.69. The Morgan fingerprint density at radius 2 is 2.17 bits per heavy atom. The fourth-order valence-corrected chi connectivity index (χ4v) is 2.67. The first kappa shape index (κ1) is 16.1. The fraction of sp³-hybridized carbons (Fsp3) is 0.222. The van der Waals surface area contributed by atoms with Crippen LogP contribution in [0.2, 0.25) is 0 Å². The molecule has 1 unspecified atom stereocenters. The Bertz CT molecular complexity index is 833. The van der Waals surface area contributed by atoms with E-state index in [2.05, 4.69) is 15.3 Å². The van der Waals surface area contributed by atoms with Crippen molar-refractivity contribution in [2.24, 2.45) is 5.92 Å². The molecule has 0 fully saturated rings. The number of rotatable bonds is 6. The molecule has 124 valence electrons. The maximum atomic E-state index is 13.9. The van der Waals surface area contributed by atoms with Gasteiger partial charge in [-0.1, -0.05) is 12.1 Å². The first-order chi connectivity index (χ1) is 11.7. The van der Waals surface area contributed by atoms with E-state index in [4.69, 9.17) is 0 Å². The molecule has 24 heavy (non-hydrogen) atoms. The van der Waals surface area contributed by atoms with Crippen LogP contribution in [0.3, 0.4) is 0 Å². The highest BCUT2D eigenvalue weighted by Gasteiger charge is 2.17. The van der Waals surface area contributed by atoms with E-state index in [9.17, 15) is 14.3 Å². The van der Waals surface area contributed by atoms with Crippen molar-refractivity contribution in [2.75, 3.05) is 13.2 Å². The zero-order chi connectivity index (χ0) is 16.9. The molecule has 0 saturated carbocycles. The monoisotopic (exact) mass is 327 g/mol. The van der Waals surface area contributed by atoms with Crippen molar-refractivity contribution in [1.29, 1.82) is 0 Å². The molecule has 2 aromatic heterocycles. The number of pyridine rings is 1. The molecule has 0 saturated heterocycles. The summed E-state index contributed by atoms with van der Waals surface area (Å²) in [4.78, 5) is 19.5. The van der Waals surface area contributed by atoms with Gasteiger partial charge in [0.15, 0.2) is 0 Å². The standard InChI is InChI=1S/C18H18FN3O2/c19-15-5-3-6-16-17(15)14(10-21-16)18(24)22-9-12(11-23)8-13-4-1-2-7-20-13/h1-7,10,12,21,23H,8-9,11H2,(H,22,24). The Balaban J connectivity index is 1.67. The van der Waals surface area contributed by atoms with Crippen molar-refractivity contribution in [3.63, 3.8) is 0 Å². The molecule has 3 N–H and O–H groups in total. The largest absolute Gasteiger partial charge is 0.396 e. The summed E-state index contributed by atoms with van der Waals surface area (Å²) < 4.78 is 13.9. The predicted octanol–water partition coefficient (Wildman–Crippen LogP) is 2.28. The third-order valence-corrected chi connectivity index (χ3v) is 3.93. The molecular weight excluding hydrogens is 309 g/mol. The topological polar surface area (TPSA) is 78.0 Å². The number of aromatic nitrogens is 2. The van der Waals surface area contributed by atoms with Crippen LogP contribution >= 0.6 is 0 Å². The molecular formula is C18H18FN3O2. The average Bonchev–Trinajstić information content (AvgIpc) is 3.05. The van der Waals surface area contributed by atoms with Crippen LogP contribution in [0.15, 0.2) is 48.8 Å². The lowest BCUT2D eigenvalue weighted by atomic mass is 10.0. The Morgan fingerprint density at radius 1 is 1.29 bits per heavy atom. The quantitative estimate of drug-likeness (QED) is 0.650. The number of hydrogen-bond donors (Lipinski definition) is 3. The van der Waals surface area contributed by atoms with E-state index in [0.717, 1.165) is 5.69 Å². The van der Waals surface area contributed by atoms with Gasteiger partial charge in [-0.15, -0.1) is 0 Å². The second kappa shape index (κ2) is 7.23. The summed E-state index contributed by atoms with van der Waals surface area (Å²) in [6, 6.07) is 10.2. The second-order valence-electron chi connectivity index (χ2n) is 5.65. The minimum Gasteiger partial charge on any atom is -0.396 e. The molecule has 0 radical (unpaired) electrons. The average molecular weight is 327 g/mol. The minimum atomic E-state index is -0.439. The Hall–Kier alpha value is -2.73. The van der Waals surface area contributed by atoms with Crippen molar-refractivity contribution in [3.05, 3.63) is 65.9 Å². The van der Waals surface area contributed by atoms with Gasteiger partial charge in [0.25, 0.3) is 5.91 Å². The van der Waals surface area contributed by atoms with Crippen molar-refractivity contribution >= 4 is 16.8 Å². The molecule has 3 aromatic rings. The minimum absolute atomic E-state index is 0.0703. The van der Waals surface area contributed by atoms with Gasteiger partial charge in [0.2, 0.25) is 0 Å². The van der Waals surface area contributed by atoms with Gasteiger partial charge in [0.1, 0.15) is 5.82 Å². The number of fused-ring (bicyclic) bond motifs is 1. The summed E-state index contributed by atoms with van der Waals surface area (Å²) in [6.07, 6.45) is 3.74. The van der Waals surface area contributed by atoms with E-state index in [1.165, 1.54) is 12.3 Å². The number of hydrogen-bond acceptors (Lipinski definition) is 3. The molecule has 6 heteroatoms. The number of halogens is 1. The number of carbonyl (C=O) groups excluding carboxylic acids is 1. The number of nitrogens with zero attached hydrogens (tertiary/aromatic N) is 1. The van der Waals surface area contributed by atoms with E-state index in [-0.39, 0.29) is 35.9 Å². The van der Waals surface area contributed by atoms with Gasteiger partial charge in [0, 0.05) is 48.1 Å². The van der Waals surface area contributed by atoms with Gasteiger partial charge in [-0.2, -0.15) is 0 Å². The van der Waals surface area contributed by atoms with Crippen LogP contribution in [-0.2, 0) is 6.42 Å². The maximum absolute atomic E-state index is 13.9. The summed E-state index contributed by atoms with van der Waals surface area (Å²) in [7, 11) is 0. The number of aliphatic hydroxyl groups excluding tert-OH is 1. The van der Waals surface area contributed by atoms with Crippen LogP contribution in [0.1, 0.15) is 16.1 Å². The van der Waals surface area contributed by atoms with Crippen LogP contribution in [0.5, 0.6) is 0 Å². The summed E-state index contributed by atoms with van der Waals surface area (Å²) in [6.45, 7) is 0.214. The molecule has 0 aliphatic carbocycles. The number of aliphatic hydroxyl groups is 1. The molecule has 1 amide bonds. The third kappa shape index (κ3) is 3.44. The van der Waals surface area contributed by atoms with Gasteiger partial charge >= 0.3 is 0 Å². The molecule has 5 nitrogen and oxygen atoms in total. The number of benzene rings is 1. The molecule has 2 heterocycles. The van der Waals surface area contributed by atoms with Crippen molar-refractivity contribution < 1.29 is 14.3 Å². The number of aromatic amines is 1. The van der Waals surface area contributed by atoms with E-state index in [0.29, 0.717) is 11.9 Å². The molecule has 0 aliphatic rings. The van der Waals surface area contributed by atoms with E-state index >= 15 is 0 Å². The van der Waals surface area contributed by atoms with Crippen LogP contribution < -0.4 is 5.32 Å². The maximum Gasteiger partial charge on any atom is 0.253 e. The number of nitrogens with one attached hydrogen (secondary N) is 2. The van der Waals surface area contributed by atoms with Gasteiger partial charge in [0.05, 0.1) is 5.56 Å². The zero-order valence-electron chi connectivity index (χ0n) is 13.0. The van der Waals surface area contributed by atoms with Gasteiger partial charge in [-0.05, 0) is 30.7 Å². The highest BCUT2D eigenvalue weighted by atomic mass is 19.1. The molecule has 1 aromatic carbocycles. The Kier molecular flexibility index (Phi) is 4.86. The SMILES string of the molecule is O=C(NCC(CO)Cc1ccccn1)c1c[nH]c2cccc(F)c12. The first-order valence-electron chi connectivity index (χ1n) is 7.73. The van der Waals surface area contributed by atoms with Gasteiger partial charge < -0.3 is 15.4 Å². The van der Waals surface area contributed by atoms with Crippen molar-refractivity contribution in [2.45, 2.75) is 6.42 Å². The zero-order valence-corrected chi connectivity index (χ0v) is 13.0. The predicted molar refractivity (Wildman–Crippen MR) is 89.1 cm³/mol. The third-order valence-electron chi connectivity index (χ3n) is 3.93. The first-order valence-corrected chi connectivity index (χ1v) is 7.73.